The standard InChI is InChI=1S/C22H20ClF3N4O2S/c1-32-16-5-3-14(4-6-16)20-28-18(13-33-20)21(31)30-8-2-7-29(9-10-30)19-17(23)11-15(12-27-19)22(24,25)26/h3-6,11-13H,2,7-10H2,1H3. The number of benzene rings is 1. The number of ether oxygens (including phenoxy) is 1. The average molecular weight is 497 g/mol. The number of nitrogens with zero attached hydrogens (tertiary/aromatic N) is 4. The Bertz CT molecular complexity index is 1140. The number of amides is 1. The van der Waals surface area contributed by atoms with Gasteiger partial charge < -0.3 is 14.5 Å². The van der Waals surface area contributed by atoms with Gasteiger partial charge in [0.05, 0.1) is 17.7 Å². The number of halogens is 4. The lowest BCUT2D eigenvalue weighted by Gasteiger charge is -2.23. The zero-order valence-corrected chi connectivity index (χ0v) is 19.2. The molecule has 1 amide bonds. The van der Waals surface area contributed by atoms with Crippen molar-refractivity contribution in [1.29, 1.82) is 0 Å². The maximum atomic E-state index is 13.0. The van der Waals surface area contributed by atoms with Gasteiger partial charge in [-0.3, -0.25) is 4.79 Å². The van der Waals surface area contributed by atoms with Crippen LogP contribution in [-0.2, 0) is 6.18 Å². The molecule has 1 aromatic carbocycles. The maximum absolute atomic E-state index is 13.0. The molecule has 0 saturated carbocycles. The molecule has 0 unspecified atom stereocenters. The minimum atomic E-state index is -4.50. The third-order valence-corrected chi connectivity index (χ3v) is 6.46. The summed E-state index contributed by atoms with van der Waals surface area (Å²) in [5.41, 5.74) is 0.369. The molecule has 2 aromatic heterocycles. The minimum Gasteiger partial charge on any atom is -0.497 e. The van der Waals surface area contributed by atoms with Crippen molar-refractivity contribution in [3.8, 4) is 16.3 Å². The first-order valence-corrected chi connectivity index (χ1v) is 11.4. The Morgan fingerprint density at radius 3 is 2.58 bits per heavy atom. The highest BCUT2D eigenvalue weighted by molar-refractivity contribution is 7.13. The second-order valence-corrected chi connectivity index (χ2v) is 8.69. The van der Waals surface area contributed by atoms with Crippen molar-refractivity contribution in [3.05, 3.63) is 58.2 Å². The largest absolute Gasteiger partial charge is 0.497 e. The smallest absolute Gasteiger partial charge is 0.417 e. The Hall–Kier alpha value is -2.85. The number of thiazole rings is 1. The highest BCUT2D eigenvalue weighted by Crippen LogP contribution is 2.34. The second kappa shape index (κ2) is 9.56. The number of aromatic nitrogens is 2. The number of hydrogen-bond acceptors (Lipinski definition) is 6. The molecule has 3 aromatic rings. The van der Waals surface area contributed by atoms with Crippen LogP contribution in [0, 0.1) is 0 Å². The summed E-state index contributed by atoms with van der Waals surface area (Å²) in [5, 5.41) is 2.41. The van der Waals surface area contributed by atoms with Crippen LogP contribution in [-0.4, -0.2) is 54.1 Å². The predicted octanol–water partition coefficient (Wildman–Crippen LogP) is 5.24. The van der Waals surface area contributed by atoms with Gasteiger partial charge in [0.2, 0.25) is 0 Å². The summed E-state index contributed by atoms with van der Waals surface area (Å²) < 4.78 is 43.8. The van der Waals surface area contributed by atoms with Crippen LogP contribution in [0.2, 0.25) is 5.02 Å². The van der Waals surface area contributed by atoms with Crippen molar-refractivity contribution in [1.82, 2.24) is 14.9 Å². The fraction of sp³-hybridized carbons (Fsp3) is 0.318. The lowest BCUT2D eigenvalue weighted by atomic mass is 10.2. The molecule has 0 radical (unpaired) electrons. The monoisotopic (exact) mass is 496 g/mol. The number of rotatable bonds is 4. The minimum absolute atomic E-state index is 0.0618. The molecule has 0 N–H and O–H groups in total. The second-order valence-electron chi connectivity index (χ2n) is 7.43. The Balaban J connectivity index is 1.44. The third-order valence-electron chi connectivity index (χ3n) is 5.29. The zero-order chi connectivity index (χ0) is 23.6. The van der Waals surface area contributed by atoms with Crippen LogP contribution < -0.4 is 9.64 Å². The van der Waals surface area contributed by atoms with Crippen LogP contribution in [0.3, 0.4) is 0 Å². The normalized spacial score (nSPS) is 14.8. The van der Waals surface area contributed by atoms with E-state index in [1.54, 1.807) is 22.3 Å². The molecule has 1 aliphatic rings. The van der Waals surface area contributed by atoms with E-state index in [0.29, 0.717) is 38.3 Å². The SMILES string of the molecule is COc1ccc(-c2nc(C(=O)N3CCCN(c4ncc(C(F)(F)F)cc4Cl)CC3)cs2)cc1. The number of carbonyl (C=O) groups excluding carboxylic acids is 1. The van der Waals surface area contributed by atoms with Gasteiger partial charge in [0.25, 0.3) is 5.91 Å². The Labute approximate surface area is 197 Å². The summed E-state index contributed by atoms with van der Waals surface area (Å²) in [6.07, 6.45) is -3.10. The molecule has 11 heteroatoms. The van der Waals surface area contributed by atoms with E-state index in [1.165, 1.54) is 11.3 Å². The summed E-state index contributed by atoms with van der Waals surface area (Å²) in [5.74, 6) is 0.845. The zero-order valence-electron chi connectivity index (χ0n) is 17.6. The molecular weight excluding hydrogens is 477 g/mol. The van der Waals surface area contributed by atoms with Gasteiger partial charge in [-0.15, -0.1) is 11.3 Å². The molecule has 0 bridgehead atoms. The Morgan fingerprint density at radius 2 is 1.91 bits per heavy atom. The number of methoxy groups -OCH3 is 1. The van der Waals surface area contributed by atoms with Crippen LogP contribution in [0.1, 0.15) is 22.5 Å². The molecule has 33 heavy (non-hydrogen) atoms. The lowest BCUT2D eigenvalue weighted by Crippen LogP contribution is -2.35. The van der Waals surface area contributed by atoms with E-state index in [4.69, 9.17) is 16.3 Å². The number of hydrogen-bond donors (Lipinski definition) is 0. The van der Waals surface area contributed by atoms with Crippen LogP contribution >= 0.6 is 22.9 Å². The van der Waals surface area contributed by atoms with Crippen molar-refractivity contribution >= 4 is 34.7 Å². The van der Waals surface area contributed by atoms with Crippen molar-refractivity contribution in [2.24, 2.45) is 0 Å². The van der Waals surface area contributed by atoms with Gasteiger partial charge >= 0.3 is 6.18 Å². The van der Waals surface area contributed by atoms with Crippen molar-refractivity contribution in [2.75, 3.05) is 38.2 Å². The highest BCUT2D eigenvalue weighted by Gasteiger charge is 2.32. The lowest BCUT2D eigenvalue weighted by molar-refractivity contribution is -0.137. The molecule has 3 heterocycles. The summed E-state index contributed by atoms with van der Waals surface area (Å²) in [7, 11) is 1.60. The molecule has 0 atom stereocenters. The first-order chi connectivity index (χ1) is 15.8. The van der Waals surface area contributed by atoms with E-state index >= 15 is 0 Å². The van der Waals surface area contributed by atoms with Gasteiger partial charge in [-0.2, -0.15) is 13.2 Å². The highest BCUT2D eigenvalue weighted by atomic mass is 35.5. The molecule has 1 fully saturated rings. The van der Waals surface area contributed by atoms with Gasteiger partial charge in [0.1, 0.15) is 22.3 Å². The quantitative estimate of drug-likeness (QED) is 0.494. The van der Waals surface area contributed by atoms with E-state index < -0.39 is 11.7 Å². The van der Waals surface area contributed by atoms with Gasteiger partial charge in [-0.05, 0) is 36.8 Å². The van der Waals surface area contributed by atoms with Crippen molar-refractivity contribution in [2.45, 2.75) is 12.6 Å². The Kier molecular flexibility index (Phi) is 6.76. The molecule has 0 aliphatic carbocycles. The summed E-state index contributed by atoms with van der Waals surface area (Å²) in [4.78, 5) is 25.0. The molecule has 6 nitrogen and oxygen atoms in total. The van der Waals surface area contributed by atoms with Gasteiger partial charge in [-0.25, -0.2) is 9.97 Å². The molecular formula is C22H20ClF3N4O2S. The van der Waals surface area contributed by atoms with Crippen LogP contribution in [0.25, 0.3) is 10.6 Å². The first-order valence-electron chi connectivity index (χ1n) is 10.1. The van der Waals surface area contributed by atoms with E-state index in [0.717, 1.165) is 28.6 Å². The molecule has 0 spiro atoms. The predicted molar refractivity (Wildman–Crippen MR) is 121 cm³/mol. The van der Waals surface area contributed by atoms with Crippen LogP contribution in [0.5, 0.6) is 5.75 Å². The maximum Gasteiger partial charge on any atom is 0.417 e. The molecule has 174 valence electrons. The van der Waals surface area contributed by atoms with Crippen molar-refractivity contribution < 1.29 is 22.7 Å². The summed E-state index contributed by atoms with van der Waals surface area (Å²) in [6.45, 7) is 1.81. The van der Waals surface area contributed by atoms with E-state index in [1.807, 2.05) is 24.3 Å². The fourth-order valence-electron chi connectivity index (χ4n) is 3.55. The summed E-state index contributed by atoms with van der Waals surface area (Å²) >= 11 is 7.48. The molecule has 1 aliphatic heterocycles. The number of anilines is 1. The van der Waals surface area contributed by atoms with E-state index in [2.05, 4.69) is 9.97 Å². The topological polar surface area (TPSA) is 58.6 Å². The molecule has 4 rings (SSSR count). The number of alkyl halides is 3. The summed E-state index contributed by atoms with van der Waals surface area (Å²) in [6, 6.07) is 8.32. The van der Waals surface area contributed by atoms with Gasteiger partial charge in [-0.1, -0.05) is 11.6 Å². The average Bonchev–Trinajstić information content (AvgIpc) is 3.17. The van der Waals surface area contributed by atoms with Gasteiger partial charge in [0.15, 0.2) is 0 Å². The fourth-order valence-corrected chi connectivity index (χ4v) is 4.64. The first kappa shape index (κ1) is 23.3. The van der Waals surface area contributed by atoms with Crippen LogP contribution in [0.4, 0.5) is 19.0 Å². The Morgan fingerprint density at radius 1 is 1.15 bits per heavy atom. The third kappa shape index (κ3) is 5.22. The van der Waals surface area contributed by atoms with Crippen LogP contribution in [0.15, 0.2) is 41.9 Å². The number of pyridine rings is 1. The van der Waals surface area contributed by atoms with E-state index in [9.17, 15) is 18.0 Å². The van der Waals surface area contributed by atoms with Gasteiger partial charge in [0, 0.05) is 43.3 Å². The van der Waals surface area contributed by atoms with E-state index in [-0.39, 0.29) is 16.7 Å². The van der Waals surface area contributed by atoms with Crippen molar-refractivity contribution in [3.63, 3.8) is 0 Å². The molecule has 1 saturated heterocycles. The number of carbonyl (C=O) groups is 1.